The monoisotopic (exact) mass is 296 g/mol. The van der Waals surface area contributed by atoms with Crippen molar-refractivity contribution in [1.29, 1.82) is 0 Å². The summed E-state index contributed by atoms with van der Waals surface area (Å²) in [6, 6.07) is 3.67. The maximum Gasteiger partial charge on any atom is 0.243 e. The van der Waals surface area contributed by atoms with Crippen LogP contribution in [0.15, 0.2) is 17.0 Å². The molecule has 0 atom stereocenters. The highest BCUT2D eigenvalue weighted by atomic mass is 32.2. The van der Waals surface area contributed by atoms with Gasteiger partial charge in [0.05, 0.1) is 4.90 Å². The first-order valence-electron chi connectivity index (χ1n) is 7.16. The second kappa shape index (κ2) is 5.84. The SMILES string of the molecule is Cc1cc(C)c(S(=O)(=O)N2CCC(C)CC2)cc1CN. The van der Waals surface area contributed by atoms with Gasteiger partial charge in [0.1, 0.15) is 0 Å². The molecule has 2 rings (SSSR count). The van der Waals surface area contributed by atoms with Crippen LogP contribution in [0, 0.1) is 19.8 Å². The van der Waals surface area contributed by atoms with Gasteiger partial charge in [-0.25, -0.2) is 8.42 Å². The van der Waals surface area contributed by atoms with Crippen molar-refractivity contribution in [3.63, 3.8) is 0 Å². The Morgan fingerprint density at radius 3 is 2.35 bits per heavy atom. The van der Waals surface area contributed by atoms with Crippen LogP contribution in [-0.4, -0.2) is 25.8 Å². The molecule has 1 saturated heterocycles. The Hall–Kier alpha value is -0.910. The number of nitrogens with two attached hydrogens (primary N) is 1. The lowest BCUT2D eigenvalue weighted by Crippen LogP contribution is -2.38. The van der Waals surface area contributed by atoms with Gasteiger partial charge >= 0.3 is 0 Å². The second-order valence-corrected chi connectivity index (χ2v) is 7.74. The highest BCUT2D eigenvalue weighted by molar-refractivity contribution is 7.89. The molecule has 112 valence electrons. The molecule has 1 fully saturated rings. The van der Waals surface area contributed by atoms with Gasteiger partial charge in [0.2, 0.25) is 10.0 Å². The van der Waals surface area contributed by atoms with Crippen LogP contribution < -0.4 is 5.73 Å². The van der Waals surface area contributed by atoms with Crippen molar-refractivity contribution in [2.24, 2.45) is 11.7 Å². The zero-order valence-corrected chi connectivity index (χ0v) is 13.3. The predicted octanol–water partition coefficient (Wildman–Crippen LogP) is 2.18. The third-order valence-corrected chi connectivity index (χ3v) is 6.25. The van der Waals surface area contributed by atoms with Crippen LogP contribution in [0.1, 0.15) is 36.5 Å². The second-order valence-electron chi connectivity index (χ2n) is 5.83. The van der Waals surface area contributed by atoms with Crippen molar-refractivity contribution in [3.8, 4) is 0 Å². The highest BCUT2D eigenvalue weighted by Crippen LogP contribution is 2.27. The van der Waals surface area contributed by atoms with E-state index in [4.69, 9.17) is 5.73 Å². The van der Waals surface area contributed by atoms with E-state index in [1.54, 1.807) is 10.4 Å². The van der Waals surface area contributed by atoms with Crippen molar-refractivity contribution < 1.29 is 8.42 Å². The van der Waals surface area contributed by atoms with Gasteiger partial charge in [-0.3, -0.25) is 0 Å². The molecular weight excluding hydrogens is 272 g/mol. The van der Waals surface area contributed by atoms with Gasteiger partial charge < -0.3 is 5.73 Å². The lowest BCUT2D eigenvalue weighted by Gasteiger charge is -2.30. The summed E-state index contributed by atoms with van der Waals surface area (Å²) in [5.41, 5.74) is 8.46. The molecule has 0 aliphatic carbocycles. The summed E-state index contributed by atoms with van der Waals surface area (Å²) >= 11 is 0. The van der Waals surface area contributed by atoms with E-state index in [0.717, 1.165) is 29.5 Å². The van der Waals surface area contributed by atoms with Crippen LogP contribution in [0.5, 0.6) is 0 Å². The number of hydrogen-bond acceptors (Lipinski definition) is 3. The maximum absolute atomic E-state index is 12.8. The molecule has 1 aromatic rings. The molecule has 0 saturated carbocycles. The molecule has 1 aliphatic rings. The average molecular weight is 296 g/mol. The number of sulfonamides is 1. The highest BCUT2D eigenvalue weighted by Gasteiger charge is 2.29. The standard InChI is InChI=1S/C15H24N2O2S/c1-11-4-6-17(7-5-11)20(18,19)15-9-14(10-16)12(2)8-13(15)3/h8-9,11H,4-7,10,16H2,1-3H3. The topological polar surface area (TPSA) is 63.4 Å². The van der Waals surface area contributed by atoms with Gasteiger partial charge in [-0.05, 0) is 55.4 Å². The van der Waals surface area contributed by atoms with Gasteiger partial charge in [0.25, 0.3) is 0 Å². The average Bonchev–Trinajstić information content (AvgIpc) is 2.39. The Balaban J connectivity index is 2.39. The number of benzene rings is 1. The van der Waals surface area contributed by atoms with E-state index >= 15 is 0 Å². The Bertz CT molecular complexity index is 588. The quantitative estimate of drug-likeness (QED) is 0.930. The van der Waals surface area contributed by atoms with E-state index in [-0.39, 0.29) is 0 Å². The van der Waals surface area contributed by atoms with Crippen LogP contribution in [0.2, 0.25) is 0 Å². The maximum atomic E-state index is 12.8. The molecule has 0 unspecified atom stereocenters. The first-order valence-corrected chi connectivity index (χ1v) is 8.60. The van der Waals surface area contributed by atoms with E-state index in [2.05, 4.69) is 6.92 Å². The van der Waals surface area contributed by atoms with E-state index in [1.807, 2.05) is 19.9 Å². The van der Waals surface area contributed by atoms with E-state index in [0.29, 0.717) is 30.4 Å². The zero-order valence-electron chi connectivity index (χ0n) is 12.5. The summed E-state index contributed by atoms with van der Waals surface area (Å²) in [5, 5.41) is 0. The molecular formula is C15H24N2O2S. The van der Waals surface area contributed by atoms with Crippen molar-refractivity contribution in [1.82, 2.24) is 4.31 Å². The number of rotatable bonds is 3. The molecule has 1 heterocycles. The molecule has 0 spiro atoms. The lowest BCUT2D eigenvalue weighted by molar-refractivity contribution is 0.288. The minimum absolute atomic E-state index is 0.367. The normalized spacial score (nSPS) is 18.4. The van der Waals surface area contributed by atoms with Crippen LogP contribution in [0.25, 0.3) is 0 Å². The molecule has 20 heavy (non-hydrogen) atoms. The summed E-state index contributed by atoms with van der Waals surface area (Å²) in [6.45, 7) is 7.60. The minimum Gasteiger partial charge on any atom is -0.326 e. The van der Waals surface area contributed by atoms with Crippen LogP contribution >= 0.6 is 0 Å². The largest absolute Gasteiger partial charge is 0.326 e. The fourth-order valence-electron chi connectivity index (χ4n) is 2.74. The van der Waals surface area contributed by atoms with Crippen LogP contribution in [0.3, 0.4) is 0 Å². The number of piperidine rings is 1. The zero-order chi connectivity index (χ0) is 14.9. The van der Waals surface area contributed by atoms with Crippen LogP contribution in [-0.2, 0) is 16.6 Å². The van der Waals surface area contributed by atoms with E-state index in [1.165, 1.54) is 0 Å². The first-order chi connectivity index (χ1) is 9.36. The van der Waals surface area contributed by atoms with Gasteiger partial charge in [-0.2, -0.15) is 4.31 Å². The molecule has 5 heteroatoms. The molecule has 0 amide bonds. The predicted molar refractivity (Wildman–Crippen MR) is 81.0 cm³/mol. The smallest absolute Gasteiger partial charge is 0.243 e. The summed E-state index contributed by atoms with van der Waals surface area (Å²) in [6.07, 6.45) is 1.88. The summed E-state index contributed by atoms with van der Waals surface area (Å²) in [4.78, 5) is 0.415. The fourth-order valence-corrected chi connectivity index (χ4v) is 4.46. The fraction of sp³-hybridized carbons (Fsp3) is 0.600. The number of aryl methyl sites for hydroxylation is 2. The van der Waals surface area contributed by atoms with E-state index < -0.39 is 10.0 Å². The van der Waals surface area contributed by atoms with Gasteiger partial charge in [-0.15, -0.1) is 0 Å². The Kier molecular flexibility index (Phi) is 4.52. The molecule has 4 nitrogen and oxygen atoms in total. The van der Waals surface area contributed by atoms with Gasteiger partial charge in [-0.1, -0.05) is 13.0 Å². The van der Waals surface area contributed by atoms with E-state index in [9.17, 15) is 8.42 Å². The molecule has 2 N–H and O–H groups in total. The number of nitrogens with zero attached hydrogens (tertiary/aromatic N) is 1. The lowest BCUT2D eigenvalue weighted by atomic mass is 10.0. The number of hydrogen-bond donors (Lipinski definition) is 1. The molecule has 1 aromatic carbocycles. The van der Waals surface area contributed by atoms with Crippen molar-refractivity contribution >= 4 is 10.0 Å². The van der Waals surface area contributed by atoms with Gasteiger partial charge in [0.15, 0.2) is 0 Å². The Morgan fingerprint density at radius 1 is 1.20 bits per heavy atom. The molecule has 0 radical (unpaired) electrons. The third kappa shape index (κ3) is 2.90. The summed E-state index contributed by atoms with van der Waals surface area (Å²) in [5.74, 6) is 0.611. The molecule has 1 aliphatic heterocycles. The third-order valence-electron chi connectivity index (χ3n) is 4.21. The molecule has 0 aromatic heterocycles. The van der Waals surface area contributed by atoms with Crippen LogP contribution in [0.4, 0.5) is 0 Å². The van der Waals surface area contributed by atoms with Crippen molar-refractivity contribution in [2.45, 2.75) is 45.1 Å². The summed E-state index contributed by atoms with van der Waals surface area (Å²) < 4.78 is 27.2. The van der Waals surface area contributed by atoms with Crippen molar-refractivity contribution in [2.75, 3.05) is 13.1 Å². The van der Waals surface area contributed by atoms with Crippen molar-refractivity contribution in [3.05, 3.63) is 28.8 Å². The summed E-state index contributed by atoms with van der Waals surface area (Å²) in [7, 11) is -3.39. The first kappa shape index (κ1) is 15.5. The minimum atomic E-state index is -3.39. The molecule has 0 bridgehead atoms. The van der Waals surface area contributed by atoms with Gasteiger partial charge in [0, 0.05) is 19.6 Å². The Labute approximate surface area is 122 Å². The Morgan fingerprint density at radius 2 is 1.80 bits per heavy atom.